The molecule has 0 rings (SSSR count). The van der Waals surface area contributed by atoms with Crippen molar-refractivity contribution in [2.24, 2.45) is 11.5 Å². The van der Waals surface area contributed by atoms with E-state index in [-0.39, 0.29) is 0 Å². The lowest BCUT2D eigenvalue weighted by atomic mass is 10.0. The Kier molecular flexibility index (Phi) is 5.63. The molecule has 0 unspecified atom stereocenters. The van der Waals surface area contributed by atoms with Gasteiger partial charge in [-0.05, 0) is 37.2 Å². The van der Waals surface area contributed by atoms with E-state index in [0.29, 0.717) is 30.5 Å². The molecular weight excluding hydrogens is 168 g/mol. The molecule has 0 bridgehead atoms. The normalized spacial score (nSPS) is 13.1. The van der Waals surface area contributed by atoms with Gasteiger partial charge in [0, 0.05) is 5.57 Å². The zero-order valence-corrected chi connectivity index (χ0v) is 7.79. The summed E-state index contributed by atoms with van der Waals surface area (Å²) < 4.78 is 0. The fourth-order valence-corrected chi connectivity index (χ4v) is 1.12. The molecule has 0 aromatic heterocycles. The Bertz CT molecular complexity index is 232. The summed E-state index contributed by atoms with van der Waals surface area (Å²) >= 11 is 0. The standard InChI is InChI=1S/C9H16N2O2/c1-2-8(9(12)13)7(3-5-10)4-6-11/h3,5H,2,4,6,10-11H2,1H3,(H,12,13)/b5-3-,8-7+. The van der Waals surface area contributed by atoms with Crippen LogP contribution in [0.1, 0.15) is 19.8 Å². The van der Waals surface area contributed by atoms with Crippen LogP contribution < -0.4 is 11.5 Å². The number of rotatable bonds is 5. The highest BCUT2D eigenvalue weighted by atomic mass is 16.4. The first-order valence-corrected chi connectivity index (χ1v) is 4.21. The van der Waals surface area contributed by atoms with Crippen LogP contribution in [0.3, 0.4) is 0 Å². The predicted octanol–water partition coefficient (Wildman–Crippen LogP) is 0.599. The summed E-state index contributed by atoms with van der Waals surface area (Å²) in [7, 11) is 0. The SMILES string of the molecule is CC/C(C(=O)O)=C(/C=C\N)CCN. The quantitative estimate of drug-likeness (QED) is 0.431. The Labute approximate surface area is 77.9 Å². The molecule has 0 saturated heterocycles. The maximum atomic E-state index is 10.7. The highest BCUT2D eigenvalue weighted by Gasteiger charge is 2.09. The first-order chi connectivity index (χ1) is 6.17. The topological polar surface area (TPSA) is 89.3 Å². The molecule has 13 heavy (non-hydrogen) atoms. The van der Waals surface area contributed by atoms with Crippen LogP contribution in [0.25, 0.3) is 0 Å². The summed E-state index contributed by atoms with van der Waals surface area (Å²) in [5.41, 5.74) is 11.6. The lowest BCUT2D eigenvalue weighted by molar-refractivity contribution is -0.132. The zero-order valence-electron chi connectivity index (χ0n) is 7.79. The van der Waals surface area contributed by atoms with Gasteiger partial charge >= 0.3 is 5.97 Å². The summed E-state index contributed by atoms with van der Waals surface area (Å²) in [4.78, 5) is 10.7. The third-order valence-corrected chi connectivity index (χ3v) is 1.71. The average molecular weight is 184 g/mol. The number of allylic oxidation sites excluding steroid dienone is 1. The highest BCUT2D eigenvalue weighted by molar-refractivity contribution is 5.88. The smallest absolute Gasteiger partial charge is 0.331 e. The van der Waals surface area contributed by atoms with E-state index in [1.54, 1.807) is 13.0 Å². The van der Waals surface area contributed by atoms with Crippen molar-refractivity contribution in [2.45, 2.75) is 19.8 Å². The molecule has 5 N–H and O–H groups in total. The Balaban J connectivity index is 4.87. The molecule has 0 aliphatic rings. The summed E-state index contributed by atoms with van der Waals surface area (Å²) in [6, 6.07) is 0. The Morgan fingerprint density at radius 3 is 2.46 bits per heavy atom. The molecule has 0 fully saturated rings. The van der Waals surface area contributed by atoms with Crippen LogP contribution in [0.2, 0.25) is 0 Å². The second kappa shape index (κ2) is 6.25. The molecular formula is C9H16N2O2. The predicted molar refractivity (Wildman–Crippen MR) is 52.0 cm³/mol. The number of hydrogen-bond donors (Lipinski definition) is 3. The number of carboxylic acid groups (broad SMARTS) is 1. The lowest BCUT2D eigenvalue weighted by Crippen LogP contribution is -2.07. The van der Waals surface area contributed by atoms with Crippen molar-refractivity contribution in [1.82, 2.24) is 0 Å². The van der Waals surface area contributed by atoms with Gasteiger partial charge in [0.05, 0.1) is 0 Å². The van der Waals surface area contributed by atoms with E-state index in [2.05, 4.69) is 0 Å². The second-order valence-corrected chi connectivity index (χ2v) is 2.56. The molecule has 0 aliphatic carbocycles. The van der Waals surface area contributed by atoms with Crippen molar-refractivity contribution >= 4 is 5.97 Å². The lowest BCUT2D eigenvalue weighted by Gasteiger charge is -2.05. The minimum absolute atomic E-state index is 0.382. The van der Waals surface area contributed by atoms with Gasteiger partial charge in [-0.25, -0.2) is 4.79 Å². The van der Waals surface area contributed by atoms with Gasteiger partial charge < -0.3 is 16.6 Å². The molecule has 0 heterocycles. The van der Waals surface area contributed by atoms with Crippen molar-refractivity contribution in [3.63, 3.8) is 0 Å². The molecule has 0 aromatic rings. The van der Waals surface area contributed by atoms with E-state index >= 15 is 0 Å². The Morgan fingerprint density at radius 1 is 1.54 bits per heavy atom. The first-order valence-electron chi connectivity index (χ1n) is 4.21. The minimum Gasteiger partial charge on any atom is -0.478 e. The molecule has 0 radical (unpaired) electrons. The maximum Gasteiger partial charge on any atom is 0.331 e. The van der Waals surface area contributed by atoms with Crippen LogP contribution in [0, 0.1) is 0 Å². The molecule has 4 nitrogen and oxygen atoms in total. The van der Waals surface area contributed by atoms with Gasteiger partial charge in [0.15, 0.2) is 0 Å². The molecule has 0 saturated carbocycles. The van der Waals surface area contributed by atoms with E-state index in [4.69, 9.17) is 16.6 Å². The Morgan fingerprint density at radius 2 is 2.15 bits per heavy atom. The van der Waals surface area contributed by atoms with Crippen LogP contribution in [-0.2, 0) is 4.79 Å². The second-order valence-electron chi connectivity index (χ2n) is 2.56. The summed E-state index contributed by atoms with van der Waals surface area (Å²) in [5.74, 6) is -0.899. The molecule has 0 aliphatic heterocycles. The van der Waals surface area contributed by atoms with Crippen molar-refractivity contribution in [2.75, 3.05) is 6.54 Å². The van der Waals surface area contributed by atoms with Crippen LogP contribution in [0.5, 0.6) is 0 Å². The third-order valence-electron chi connectivity index (χ3n) is 1.71. The number of nitrogens with two attached hydrogens (primary N) is 2. The van der Waals surface area contributed by atoms with Gasteiger partial charge in [-0.2, -0.15) is 0 Å². The van der Waals surface area contributed by atoms with Crippen molar-refractivity contribution < 1.29 is 9.90 Å². The minimum atomic E-state index is -0.899. The molecule has 0 atom stereocenters. The number of aliphatic carboxylic acids is 1. The molecule has 0 spiro atoms. The third kappa shape index (κ3) is 3.75. The van der Waals surface area contributed by atoms with Gasteiger partial charge in [0.2, 0.25) is 0 Å². The van der Waals surface area contributed by atoms with Crippen LogP contribution in [-0.4, -0.2) is 17.6 Å². The van der Waals surface area contributed by atoms with Crippen molar-refractivity contribution in [1.29, 1.82) is 0 Å². The fourth-order valence-electron chi connectivity index (χ4n) is 1.12. The molecule has 0 aromatic carbocycles. The van der Waals surface area contributed by atoms with Crippen molar-refractivity contribution in [3.8, 4) is 0 Å². The fraction of sp³-hybridized carbons (Fsp3) is 0.444. The zero-order chi connectivity index (χ0) is 10.3. The summed E-state index contributed by atoms with van der Waals surface area (Å²) in [6.45, 7) is 2.22. The maximum absolute atomic E-state index is 10.7. The van der Waals surface area contributed by atoms with Crippen LogP contribution in [0.15, 0.2) is 23.4 Å². The number of carbonyl (C=O) groups is 1. The van der Waals surface area contributed by atoms with E-state index in [9.17, 15) is 4.79 Å². The summed E-state index contributed by atoms with van der Waals surface area (Å²) in [5, 5.41) is 8.82. The molecule has 4 heteroatoms. The number of hydrogen-bond acceptors (Lipinski definition) is 3. The average Bonchev–Trinajstić information content (AvgIpc) is 2.05. The van der Waals surface area contributed by atoms with E-state index in [1.165, 1.54) is 6.20 Å². The summed E-state index contributed by atoms with van der Waals surface area (Å²) in [6.07, 6.45) is 3.96. The van der Waals surface area contributed by atoms with Gasteiger partial charge in [0.1, 0.15) is 0 Å². The van der Waals surface area contributed by atoms with Gasteiger partial charge in [-0.15, -0.1) is 0 Å². The van der Waals surface area contributed by atoms with Crippen molar-refractivity contribution in [3.05, 3.63) is 23.4 Å². The molecule has 0 amide bonds. The largest absolute Gasteiger partial charge is 0.478 e. The van der Waals surface area contributed by atoms with Gasteiger partial charge in [-0.1, -0.05) is 6.92 Å². The number of carboxylic acids is 1. The van der Waals surface area contributed by atoms with Gasteiger partial charge in [0.25, 0.3) is 0 Å². The highest BCUT2D eigenvalue weighted by Crippen LogP contribution is 2.13. The molecule has 74 valence electrons. The van der Waals surface area contributed by atoms with Crippen LogP contribution in [0.4, 0.5) is 0 Å². The van der Waals surface area contributed by atoms with Crippen LogP contribution >= 0.6 is 0 Å². The van der Waals surface area contributed by atoms with Gasteiger partial charge in [-0.3, -0.25) is 0 Å². The van der Waals surface area contributed by atoms with E-state index < -0.39 is 5.97 Å². The first kappa shape index (κ1) is 11.7. The Hall–Kier alpha value is -1.29. The monoisotopic (exact) mass is 184 g/mol. The van der Waals surface area contributed by atoms with E-state index in [1.807, 2.05) is 0 Å². The van der Waals surface area contributed by atoms with E-state index in [0.717, 1.165) is 0 Å².